The van der Waals surface area contributed by atoms with Crippen molar-refractivity contribution in [3.05, 3.63) is 35.9 Å². The van der Waals surface area contributed by atoms with E-state index in [0.29, 0.717) is 0 Å². The van der Waals surface area contributed by atoms with Gasteiger partial charge >= 0.3 is 0 Å². The molecule has 0 aromatic heterocycles. The summed E-state index contributed by atoms with van der Waals surface area (Å²) in [7, 11) is 0. The third-order valence-electron chi connectivity index (χ3n) is 2.40. The summed E-state index contributed by atoms with van der Waals surface area (Å²) in [6, 6.07) is 9.47. The van der Waals surface area contributed by atoms with Gasteiger partial charge in [0.2, 0.25) is 0 Å². The van der Waals surface area contributed by atoms with Gasteiger partial charge in [0.25, 0.3) is 0 Å². The molecule has 0 heterocycles. The first kappa shape index (κ1) is 15.1. The van der Waals surface area contributed by atoms with E-state index in [0.717, 1.165) is 24.9 Å². The average molecular weight is 242 g/mol. The summed E-state index contributed by atoms with van der Waals surface area (Å²) in [6.45, 7) is 4.97. The van der Waals surface area contributed by atoms with Crippen LogP contribution < -0.4 is 5.32 Å². The molecular formula is C13H20ClNO. The van der Waals surface area contributed by atoms with Crippen molar-refractivity contribution in [1.29, 1.82) is 0 Å². The monoisotopic (exact) mass is 241 g/mol. The summed E-state index contributed by atoms with van der Waals surface area (Å²) in [4.78, 5) is 12.1. The number of carbonyl (C=O) groups excluding carboxylic acids is 1. The third kappa shape index (κ3) is 4.33. The molecule has 90 valence electrons. The Hall–Kier alpha value is -0.860. The minimum absolute atomic E-state index is 0. The Kier molecular flexibility index (Phi) is 7.86. The fraction of sp³-hybridized carbons (Fsp3) is 0.462. The van der Waals surface area contributed by atoms with Gasteiger partial charge in [0, 0.05) is 5.56 Å². The number of ketones is 1. The van der Waals surface area contributed by atoms with Gasteiger partial charge in [0.1, 0.15) is 0 Å². The number of carbonyl (C=O) groups is 1. The molecule has 0 aliphatic rings. The molecule has 2 nitrogen and oxygen atoms in total. The Morgan fingerprint density at radius 3 is 2.38 bits per heavy atom. The summed E-state index contributed by atoms with van der Waals surface area (Å²) < 4.78 is 0. The molecule has 0 saturated heterocycles. The van der Waals surface area contributed by atoms with Crippen molar-refractivity contribution in [2.24, 2.45) is 0 Å². The topological polar surface area (TPSA) is 29.1 Å². The maximum atomic E-state index is 12.1. The first-order valence-corrected chi connectivity index (χ1v) is 5.62. The lowest BCUT2D eigenvalue weighted by Gasteiger charge is -2.15. The fourth-order valence-corrected chi connectivity index (χ4v) is 1.66. The molecule has 16 heavy (non-hydrogen) atoms. The number of nitrogens with one attached hydrogen (secondary N) is 1. The molecule has 0 bridgehead atoms. The summed E-state index contributed by atoms with van der Waals surface area (Å²) in [5.41, 5.74) is 0.803. The van der Waals surface area contributed by atoms with Gasteiger partial charge in [-0.3, -0.25) is 4.79 Å². The number of rotatable bonds is 6. The van der Waals surface area contributed by atoms with Gasteiger partial charge in [-0.25, -0.2) is 0 Å². The molecule has 0 unspecified atom stereocenters. The van der Waals surface area contributed by atoms with Crippen molar-refractivity contribution in [3.63, 3.8) is 0 Å². The fourth-order valence-electron chi connectivity index (χ4n) is 1.66. The molecule has 0 spiro atoms. The van der Waals surface area contributed by atoms with Crippen LogP contribution in [0.4, 0.5) is 0 Å². The highest BCUT2D eigenvalue weighted by Crippen LogP contribution is 2.07. The van der Waals surface area contributed by atoms with Gasteiger partial charge in [0.05, 0.1) is 6.04 Å². The van der Waals surface area contributed by atoms with E-state index in [9.17, 15) is 4.79 Å². The van der Waals surface area contributed by atoms with Crippen LogP contribution in [0.25, 0.3) is 0 Å². The van der Waals surface area contributed by atoms with Gasteiger partial charge in [-0.2, -0.15) is 0 Å². The lowest BCUT2D eigenvalue weighted by molar-refractivity contribution is 0.0938. The second kappa shape index (κ2) is 8.31. The summed E-state index contributed by atoms with van der Waals surface area (Å²) in [5, 5.41) is 3.23. The van der Waals surface area contributed by atoms with Crippen LogP contribution in [0.3, 0.4) is 0 Å². The Morgan fingerprint density at radius 2 is 1.88 bits per heavy atom. The van der Waals surface area contributed by atoms with Crippen LogP contribution in [0.15, 0.2) is 30.3 Å². The Labute approximate surface area is 104 Å². The van der Waals surface area contributed by atoms with Crippen molar-refractivity contribution >= 4 is 18.2 Å². The van der Waals surface area contributed by atoms with E-state index in [1.165, 1.54) is 0 Å². The molecule has 1 rings (SSSR count). The molecule has 1 N–H and O–H groups in total. The van der Waals surface area contributed by atoms with Crippen molar-refractivity contribution in [1.82, 2.24) is 5.32 Å². The number of hydrogen-bond acceptors (Lipinski definition) is 2. The van der Waals surface area contributed by atoms with E-state index in [-0.39, 0.29) is 24.2 Å². The van der Waals surface area contributed by atoms with E-state index in [1.807, 2.05) is 37.3 Å². The molecule has 0 aliphatic carbocycles. The van der Waals surface area contributed by atoms with Crippen molar-refractivity contribution in [2.45, 2.75) is 32.7 Å². The van der Waals surface area contributed by atoms with E-state index in [1.54, 1.807) is 0 Å². The minimum Gasteiger partial charge on any atom is -0.307 e. The summed E-state index contributed by atoms with van der Waals surface area (Å²) in [6.07, 6.45) is 1.93. The number of Topliss-reactive ketones (excluding diaryl/α,β-unsaturated/α-hetero) is 1. The van der Waals surface area contributed by atoms with Crippen LogP contribution in [0.2, 0.25) is 0 Å². The van der Waals surface area contributed by atoms with Crippen molar-refractivity contribution < 1.29 is 4.79 Å². The van der Waals surface area contributed by atoms with Gasteiger partial charge < -0.3 is 5.32 Å². The summed E-state index contributed by atoms with van der Waals surface area (Å²) in [5.74, 6) is 0.208. The highest BCUT2D eigenvalue weighted by Gasteiger charge is 2.17. The van der Waals surface area contributed by atoms with Crippen LogP contribution in [-0.4, -0.2) is 18.4 Å². The number of benzene rings is 1. The zero-order valence-electron chi connectivity index (χ0n) is 9.90. The smallest absolute Gasteiger partial charge is 0.179 e. The maximum Gasteiger partial charge on any atom is 0.179 e. The second-order valence-electron chi connectivity index (χ2n) is 3.63. The maximum absolute atomic E-state index is 12.1. The number of likely N-dealkylation sites (N-methyl/N-ethyl adjacent to an activating group) is 1. The third-order valence-corrected chi connectivity index (χ3v) is 2.40. The van der Waals surface area contributed by atoms with Crippen molar-refractivity contribution in [2.75, 3.05) is 6.54 Å². The van der Waals surface area contributed by atoms with Crippen LogP contribution in [0, 0.1) is 0 Å². The quantitative estimate of drug-likeness (QED) is 0.776. The van der Waals surface area contributed by atoms with Crippen molar-refractivity contribution in [3.8, 4) is 0 Å². The molecule has 3 heteroatoms. The zero-order chi connectivity index (χ0) is 11.1. The normalized spacial score (nSPS) is 11.6. The molecule has 0 radical (unpaired) electrons. The van der Waals surface area contributed by atoms with Crippen LogP contribution in [0.5, 0.6) is 0 Å². The predicted molar refractivity (Wildman–Crippen MR) is 70.4 cm³/mol. The zero-order valence-corrected chi connectivity index (χ0v) is 10.7. The highest BCUT2D eigenvalue weighted by atomic mass is 35.5. The molecule has 0 amide bonds. The molecular weight excluding hydrogens is 222 g/mol. The minimum atomic E-state index is -0.0256. The summed E-state index contributed by atoms with van der Waals surface area (Å²) >= 11 is 0. The van der Waals surface area contributed by atoms with Crippen LogP contribution in [0.1, 0.15) is 37.0 Å². The van der Waals surface area contributed by atoms with E-state index in [4.69, 9.17) is 0 Å². The lowest BCUT2D eigenvalue weighted by atomic mass is 10.0. The van der Waals surface area contributed by atoms with E-state index >= 15 is 0 Å². The molecule has 0 aliphatic heterocycles. The van der Waals surface area contributed by atoms with Gasteiger partial charge in [0.15, 0.2) is 5.78 Å². The molecule has 0 fully saturated rings. The Morgan fingerprint density at radius 1 is 1.25 bits per heavy atom. The molecule has 0 saturated carbocycles. The largest absolute Gasteiger partial charge is 0.307 e. The Balaban J connectivity index is 0.00000225. The lowest BCUT2D eigenvalue weighted by Crippen LogP contribution is -2.36. The van der Waals surface area contributed by atoms with Crippen LogP contribution >= 0.6 is 12.4 Å². The van der Waals surface area contributed by atoms with Gasteiger partial charge in [-0.1, -0.05) is 50.6 Å². The van der Waals surface area contributed by atoms with Gasteiger partial charge in [-0.15, -0.1) is 12.4 Å². The number of hydrogen-bond donors (Lipinski definition) is 1. The second-order valence-corrected chi connectivity index (χ2v) is 3.63. The molecule has 1 aromatic rings. The first-order valence-electron chi connectivity index (χ1n) is 5.62. The van der Waals surface area contributed by atoms with Crippen LogP contribution in [-0.2, 0) is 0 Å². The highest BCUT2D eigenvalue weighted by molar-refractivity contribution is 6.00. The van der Waals surface area contributed by atoms with E-state index in [2.05, 4.69) is 12.2 Å². The molecule has 1 aromatic carbocycles. The predicted octanol–water partition coefficient (Wildman–Crippen LogP) is 3.07. The first-order chi connectivity index (χ1) is 7.29. The standard InChI is InChI=1S/C13H19NO.ClH/c1-3-8-12(14-4-2)13(15)11-9-6-5-7-10-11;/h5-7,9-10,12,14H,3-4,8H2,1-2H3;1H/t12-;/m0./s1. The SMILES string of the molecule is CCC[C@H](NCC)C(=O)c1ccccc1.Cl. The molecule has 1 atom stereocenters. The Bertz CT molecular complexity index is 294. The van der Waals surface area contributed by atoms with Gasteiger partial charge in [-0.05, 0) is 13.0 Å². The number of halogens is 1. The average Bonchev–Trinajstić information content (AvgIpc) is 2.29. The van der Waals surface area contributed by atoms with E-state index < -0.39 is 0 Å².